The smallest absolute Gasteiger partial charge is 0.233 e. The van der Waals surface area contributed by atoms with Crippen molar-refractivity contribution in [2.45, 2.75) is 18.9 Å². The van der Waals surface area contributed by atoms with Gasteiger partial charge in [0.2, 0.25) is 5.88 Å². The van der Waals surface area contributed by atoms with E-state index in [1.54, 1.807) is 19.2 Å². The average Bonchev–Trinajstić information content (AvgIpc) is 2.39. The first-order chi connectivity index (χ1) is 7.81. The molecule has 1 saturated heterocycles. The van der Waals surface area contributed by atoms with Gasteiger partial charge in [0.25, 0.3) is 0 Å². The summed E-state index contributed by atoms with van der Waals surface area (Å²) in [5.74, 6) is 0.703. The van der Waals surface area contributed by atoms with Gasteiger partial charge in [-0.25, -0.2) is 0 Å². The van der Waals surface area contributed by atoms with Crippen molar-refractivity contribution in [3.8, 4) is 5.88 Å². The molecule has 2 N–H and O–H groups in total. The molecule has 0 aliphatic carbocycles. The zero-order valence-corrected chi connectivity index (χ0v) is 10.6. The molecule has 0 aromatic carbocycles. The number of nitrogens with zero attached hydrogens (tertiary/aromatic N) is 2. The Labute approximate surface area is 107 Å². The van der Waals surface area contributed by atoms with E-state index in [1.807, 2.05) is 0 Å². The van der Waals surface area contributed by atoms with E-state index >= 15 is 0 Å². The Morgan fingerprint density at radius 1 is 1.47 bits per heavy atom. The number of aliphatic hydroxyl groups is 1. The van der Waals surface area contributed by atoms with E-state index in [4.69, 9.17) is 4.74 Å². The van der Waals surface area contributed by atoms with Crippen molar-refractivity contribution in [3.05, 3.63) is 17.8 Å². The summed E-state index contributed by atoms with van der Waals surface area (Å²) in [7, 11) is 1.55. The highest BCUT2D eigenvalue weighted by molar-refractivity contribution is 5.85. The van der Waals surface area contributed by atoms with Gasteiger partial charge in [0, 0.05) is 18.5 Å². The Morgan fingerprint density at radius 3 is 2.82 bits per heavy atom. The molecule has 17 heavy (non-hydrogen) atoms. The number of hydrogen-bond acceptors (Lipinski definition) is 5. The standard InChI is InChI=1S/C11H17N3O2.ClH/c1-16-10-5-4-9(13-14-10)11(15)8-3-2-6-12-7-8;/h4-5,8,11-12,15H,2-3,6-7H2,1H3;1H. The maximum absolute atomic E-state index is 10.1. The maximum atomic E-state index is 10.1. The molecule has 1 aliphatic rings. The van der Waals surface area contributed by atoms with Crippen LogP contribution >= 0.6 is 12.4 Å². The lowest BCUT2D eigenvalue weighted by molar-refractivity contribution is 0.0873. The second-order valence-corrected chi connectivity index (χ2v) is 4.05. The number of aliphatic hydroxyl groups excluding tert-OH is 1. The molecule has 1 aromatic rings. The molecular formula is C11H18ClN3O2. The number of rotatable bonds is 3. The molecule has 0 bridgehead atoms. The predicted octanol–water partition coefficient (Wildman–Crippen LogP) is 0.940. The van der Waals surface area contributed by atoms with Crippen LogP contribution in [0.1, 0.15) is 24.6 Å². The first-order valence-corrected chi connectivity index (χ1v) is 5.57. The molecule has 0 spiro atoms. The van der Waals surface area contributed by atoms with Crippen molar-refractivity contribution in [2.24, 2.45) is 5.92 Å². The lowest BCUT2D eigenvalue weighted by Gasteiger charge is -2.26. The van der Waals surface area contributed by atoms with Crippen LogP contribution in [-0.2, 0) is 0 Å². The minimum Gasteiger partial charge on any atom is -0.480 e. The molecule has 5 nitrogen and oxygen atoms in total. The Balaban J connectivity index is 0.00000144. The molecule has 1 fully saturated rings. The van der Waals surface area contributed by atoms with Crippen molar-refractivity contribution in [2.75, 3.05) is 20.2 Å². The van der Waals surface area contributed by atoms with Crippen LogP contribution in [0.4, 0.5) is 0 Å². The lowest BCUT2D eigenvalue weighted by Crippen LogP contribution is -2.33. The van der Waals surface area contributed by atoms with Crippen LogP contribution < -0.4 is 10.1 Å². The fourth-order valence-electron chi connectivity index (χ4n) is 1.99. The first-order valence-electron chi connectivity index (χ1n) is 5.57. The summed E-state index contributed by atoms with van der Waals surface area (Å²) in [6.07, 6.45) is 1.60. The second kappa shape index (κ2) is 6.74. The van der Waals surface area contributed by atoms with Crippen molar-refractivity contribution >= 4 is 12.4 Å². The summed E-state index contributed by atoms with van der Waals surface area (Å²) >= 11 is 0. The summed E-state index contributed by atoms with van der Waals surface area (Å²) in [6, 6.07) is 3.49. The van der Waals surface area contributed by atoms with Gasteiger partial charge in [-0.05, 0) is 25.5 Å². The first kappa shape index (κ1) is 14.2. The molecule has 1 aromatic heterocycles. The molecule has 0 radical (unpaired) electrons. The van der Waals surface area contributed by atoms with Crippen molar-refractivity contribution < 1.29 is 9.84 Å². The van der Waals surface area contributed by atoms with Gasteiger partial charge in [0.15, 0.2) is 0 Å². The highest BCUT2D eigenvalue weighted by Gasteiger charge is 2.24. The Hall–Kier alpha value is -0.910. The van der Waals surface area contributed by atoms with Gasteiger partial charge in [0.05, 0.1) is 12.8 Å². The number of aromatic nitrogens is 2. The SMILES string of the molecule is COc1ccc(C(O)C2CCCNC2)nn1.Cl. The summed E-state index contributed by atoms with van der Waals surface area (Å²) in [4.78, 5) is 0. The zero-order chi connectivity index (χ0) is 11.4. The summed E-state index contributed by atoms with van der Waals surface area (Å²) in [5, 5.41) is 21.2. The Bertz CT molecular complexity index is 328. The quantitative estimate of drug-likeness (QED) is 0.846. The lowest BCUT2D eigenvalue weighted by atomic mass is 9.92. The number of halogens is 1. The molecule has 2 rings (SSSR count). The Morgan fingerprint density at radius 2 is 2.29 bits per heavy atom. The summed E-state index contributed by atoms with van der Waals surface area (Å²) in [6.45, 7) is 1.88. The van der Waals surface area contributed by atoms with Crippen molar-refractivity contribution in [1.29, 1.82) is 0 Å². The van der Waals surface area contributed by atoms with Crippen LogP contribution in [0.3, 0.4) is 0 Å². The summed E-state index contributed by atoms with van der Waals surface area (Å²) in [5.41, 5.74) is 0.620. The van der Waals surface area contributed by atoms with E-state index in [0.717, 1.165) is 25.9 Å². The van der Waals surface area contributed by atoms with Crippen LogP contribution in [0.2, 0.25) is 0 Å². The molecule has 0 amide bonds. The molecule has 2 heterocycles. The number of methoxy groups -OCH3 is 1. The van der Waals surface area contributed by atoms with Crippen LogP contribution in [0.25, 0.3) is 0 Å². The van der Waals surface area contributed by atoms with Gasteiger partial charge in [-0.15, -0.1) is 22.6 Å². The molecule has 1 aliphatic heterocycles. The van der Waals surface area contributed by atoms with Crippen LogP contribution in [0.15, 0.2) is 12.1 Å². The second-order valence-electron chi connectivity index (χ2n) is 4.05. The third-order valence-corrected chi connectivity index (χ3v) is 2.95. The largest absolute Gasteiger partial charge is 0.480 e. The normalized spacial score (nSPS) is 21.4. The van der Waals surface area contributed by atoms with E-state index in [9.17, 15) is 5.11 Å². The van der Waals surface area contributed by atoms with Gasteiger partial charge >= 0.3 is 0 Å². The van der Waals surface area contributed by atoms with E-state index in [0.29, 0.717) is 11.6 Å². The third kappa shape index (κ3) is 3.52. The minimum atomic E-state index is -0.536. The number of hydrogen-bond donors (Lipinski definition) is 2. The van der Waals surface area contributed by atoms with Crippen LogP contribution in [0.5, 0.6) is 5.88 Å². The van der Waals surface area contributed by atoms with E-state index in [2.05, 4.69) is 15.5 Å². The average molecular weight is 260 g/mol. The number of piperidine rings is 1. The molecule has 0 saturated carbocycles. The fourth-order valence-corrected chi connectivity index (χ4v) is 1.99. The van der Waals surface area contributed by atoms with E-state index in [1.165, 1.54) is 0 Å². The molecule has 2 atom stereocenters. The van der Waals surface area contributed by atoms with Gasteiger partial charge in [-0.1, -0.05) is 0 Å². The highest BCUT2D eigenvalue weighted by Crippen LogP contribution is 2.25. The van der Waals surface area contributed by atoms with Gasteiger partial charge in [-0.2, -0.15) is 0 Å². The molecule has 2 unspecified atom stereocenters. The maximum Gasteiger partial charge on any atom is 0.233 e. The van der Waals surface area contributed by atoms with E-state index in [-0.39, 0.29) is 18.3 Å². The predicted molar refractivity (Wildman–Crippen MR) is 66.4 cm³/mol. The van der Waals surface area contributed by atoms with Gasteiger partial charge in [0.1, 0.15) is 6.10 Å². The van der Waals surface area contributed by atoms with E-state index < -0.39 is 6.10 Å². The van der Waals surface area contributed by atoms with Crippen molar-refractivity contribution in [3.63, 3.8) is 0 Å². The fraction of sp³-hybridized carbons (Fsp3) is 0.636. The third-order valence-electron chi connectivity index (χ3n) is 2.95. The number of nitrogens with one attached hydrogen (secondary N) is 1. The monoisotopic (exact) mass is 259 g/mol. The Kier molecular flexibility index (Phi) is 5.61. The number of ether oxygens (including phenoxy) is 1. The van der Waals surface area contributed by atoms with Gasteiger partial charge in [-0.3, -0.25) is 0 Å². The molecule has 6 heteroatoms. The highest BCUT2D eigenvalue weighted by atomic mass is 35.5. The van der Waals surface area contributed by atoms with Crippen molar-refractivity contribution in [1.82, 2.24) is 15.5 Å². The van der Waals surface area contributed by atoms with Crippen LogP contribution in [0, 0.1) is 5.92 Å². The van der Waals surface area contributed by atoms with Gasteiger partial charge < -0.3 is 15.2 Å². The zero-order valence-electron chi connectivity index (χ0n) is 9.80. The topological polar surface area (TPSA) is 67.3 Å². The minimum absolute atomic E-state index is 0. The summed E-state index contributed by atoms with van der Waals surface area (Å²) < 4.78 is 4.93. The van der Waals surface area contributed by atoms with Crippen LogP contribution in [-0.4, -0.2) is 35.5 Å². The molecular weight excluding hydrogens is 242 g/mol. The molecule has 96 valence electrons.